The van der Waals surface area contributed by atoms with Crippen LogP contribution in [0.5, 0.6) is 17.2 Å². The van der Waals surface area contributed by atoms with E-state index in [1.165, 1.54) is 4.90 Å². The second-order valence-corrected chi connectivity index (χ2v) is 9.09. The zero-order valence-electron chi connectivity index (χ0n) is 22.5. The minimum atomic E-state index is -0.768. The second kappa shape index (κ2) is 13.1. The van der Waals surface area contributed by atoms with Gasteiger partial charge < -0.3 is 29.1 Å². The summed E-state index contributed by atoms with van der Waals surface area (Å²) < 4.78 is 17.3. The summed E-state index contributed by atoms with van der Waals surface area (Å²) in [5.74, 6) is 0.227. The molecule has 8 heteroatoms. The van der Waals surface area contributed by atoms with Crippen molar-refractivity contribution in [2.45, 2.75) is 39.7 Å². The van der Waals surface area contributed by atoms with E-state index in [0.717, 1.165) is 12.8 Å². The molecule has 0 bridgehead atoms. The van der Waals surface area contributed by atoms with Gasteiger partial charge in [0.15, 0.2) is 11.5 Å². The molecule has 3 rings (SSSR count). The number of hydrogen-bond acceptors (Lipinski definition) is 7. The van der Waals surface area contributed by atoms with Gasteiger partial charge in [0.1, 0.15) is 11.5 Å². The first-order valence-corrected chi connectivity index (χ1v) is 12.9. The zero-order valence-corrected chi connectivity index (χ0v) is 22.5. The van der Waals surface area contributed by atoms with Crippen LogP contribution in [0.3, 0.4) is 0 Å². The van der Waals surface area contributed by atoms with Gasteiger partial charge in [0.25, 0.3) is 11.7 Å². The first-order valence-electron chi connectivity index (χ1n) is 12.9. The molecule has 2 aromatic rings. The summed E-state index contributed by atoms with van der Waals surface area (Å²) in [4.78, 5) is 29.9. The fourth-order valence-corrected chi connectivity index (χ4v) is 4.20. The van der Waals surface area contributed by atoms with Crippen molar-refractivity contribution in [2.75, 3.05) is 47.0 Å². The largest absolute Gasteiger partial charge is 0.507 e. The van der Waals surface area contributed by atoms with E-state index in [1.54, 1.807) is 36.4 Å². The van der Waals surface area contributed by atoms with Crippen molar-refractivity contribution in [2.24, 2.45) is 0 Å². The van der Waals surface area contributed by atoms with Crippen LogP contribution in [0.2, 0.25) is 0 Å². The SMILES string of the molecule is CCCCOc1ccc(C2C(=C(O)c3ccc(OCC)cc3)C(=O)C(=O)N2CCN(C)C)cc1OCC. The Hall–Kier alpha value is -3.52. The number of likely N-dealkylation sites (N-methyl/N-ethyl adjacent to an activating group) is 1. The molecule has 1 aliphatic heterocycles. The maximum atomic E-state index is 13.3. The quantitative estimate of drug-likeness (QED) is 0.182. The molecule has 1 atom stereocenters. The predicted octanol–water partition coefficient (Wildman–Crippen LogP) is 4.65. The third kappa shape index (κ3) is 6.63. The Morgan fingerprint density at radius 1 is 0.946 bits per heavy atom. The molecule has 2 aromatic carbocycles. The summed E-state index contributed by atoms with van der Waals surface area (Å²) in [5, 5.41) is 11.3. The molecule has 1 heterocycles. The van der Waals surface area contributed by atoms with E-state index in [0.29, 0.717) is 61.3 Å². The van der Waals surface area contributed by atoms with Crippen molar-refractivity contribution in [3.05, 3.63) is 59.2 Å². The molecule has 1 N–H and O–H groups in total. The zero-order chi connectivity index (χ0) is 26.9. The van der Waals surface area contributed by atoms with Crippen LogP contribution in [0.1, 0.15) is 50.8 Å². The smallest absolute Gasteiger partial charge is 0.295 e. The van der Waals surface area contributed by atoms with Crippen molar-refractivity contribution in [1.82, 2.24) is 9.80 Å². The first-order chi connectivity index (χ1) is 17.8. The normalized spacial score (nSPS) is 16.9. The Morgan fingerprint density at radius 2 is 1.65 bits per heavy atom. The van der Waals surface area contributed by atoms with Crippen molar-refractivity contribution in [1.29, 1.82) is 0 Å². The van der Waals surface area contributed by atoms with E-state index < -0.39 is 17.7 Å². The Balaban J connectivity index is 2.10. The van der Waals surface area contributed by atoms with Crippen LogP contribution in [-0.2, 0) is 9.59 Å². The van der Waals surface area contributed by atoms with Gasteiger partial charge in [0.05, 0.1) is 31.4 Å². The molecule has 1 fully saturated rings. The Bertz CT molecular complexity index is 1110. The molecule has 1 saturated heterocycles. The number of nitrogens with zero attached hydrogens (tertiary/aromatic N) is 2. The number of rotatable bonds is 13. The molecule has 37 heavy (non-hydrogen) atoms. The highest BCUT2D eigenvalue weighted by Crippen LogP contribution is 2.42. The summed E-state index contributed by atoms with van der Waals surface area (Å²) in [6.45, 7) is 8.26. The molecule has 0 aromatic heterocycles. The molecule has 1 amide bonds. The van der Waals surface area contributed by atoms with Crippen LogP contribution >= 0.6 is 0 Å². The summed E-state index contributed by atoms with van der Waals surface area (Å²) in [6, 6.07) is 11.5. The standard InChI is InChI=1S/C29H38N2O6/c1-6-9-18-37-23-15-12-21(19-24(23)36-8-3)26-25(28(33)29(34)31(26)17-16-30(4)5)27(32)20-10-13-22(14-11-20)35-7-2/h10-15,19,26,32H,6-9,16-18H2,1-5H3. The number of carbonyl (C=O) groups is 2. The summed E-state index contributed by atoms with van der Waals surface area (Å²) >= 11 is 0. The van der Waals surface area contributed by atoms with E-state index in [4.69, 9.17) is 14.2 Å². The van der Waals surface area contributed by atoms with E-state index in [1.807, 2.05) is 38.9 Å². The number of amides is 1. The minimum absolute atomic E-state index is 0.0509. The van der Waals surface area contributed by atoms with Crippen LogP contribution in [0, 0.1) is 0 Å². The van der Waals surface area contributed by atoms with Crippen molar-refractivity contribution in [3.8, 4) is 17.2 Å². The third-order valence-corrected chi connectivity index (χ3v) is 6.11. The van der Waals surface area contributed by atoms with Gasteiger partial charge in [-0.05, 0) is 76.3 Å². The number of likely N-dealkylation sites (tertiary alicyclic amines) is 1. The molecule has 0 saturated carbocycles. The molecule has 0 aliphatic carbocycles. The molecule has 0 spiro atoms. The number of hydrogen-bond donors (Lipinski definition) is 1. The van der Waals surface area contributed by atoms with Gasteiger partial charge in [-0.3, -0.25) is 9.59 Å². The predicted molar refractivity (Wildman–Crippen MR) is 143 cm³/mol. The first kappa shape index (κ1) is 28.1. The minimum Gasteiger partial charge on any atom is -0.507 e. The third-order valence-electron chi connectivity index (χ3n) is 6.11. The highest BCUT2D eigenvalue weighted by molar-refractivity contribution is 6.46. The molecule has 1 unspecified atom stereocenters. The number of aliphatic hydroxyl groups excluding tert-OH is 1. The van der Waals surface area contributed by atoms with Gasteiger partial charge in [-0.2, -0.15) is 0 Å². The number of ether oxygens (including phenoxy) is 3. The van der Waals surface area contributed by atoms with Gasteiger partial charge in [-0.1, -0.05) is 19.4 Å². The van der Waals surface area contributed by atoms with E-state index in [9.17, 15) is 14.7 Å². The van der Waals surface area contributed by atoms with Gasteiger partial charge in [0.2, 0.25) is 0 Å². The number of benzene rings is 2. The Labute approximate surface area is 219 Å². The van der Waals surface area contributed by atoms with Crippen LogP contribution in [-0.4, -0.2) is 73.6 Å². The maximum absolute atomic E-state index is 13.3. The fourth-order valence-electron chi connectivity index (χ4n) is 4.20. The molecular formula is C29H38N2O6. The van der Waals surface area contributed by atoms with E-state index in [-0.39, 0.29) is 11.3 Å². The Kier molecular flexibility index (Phi) is 9.97. The topological polar surface area (TPSA) is 88.5 Å². The van der Waals surface area contributed by atoms with Crippen molar-refractivity contribution in [3.63, 3.8) is 0 Å². The van der Waals surface area contributed by atoms with Crippen molar-refractivity contribution >= 4 is 17.4 Å². The van der Waals surface area contributed by atoms with Gasteiger partial charge in [-0.25, -0.2) is 0 Å². The number of Topliss-reactive ketones (excluding diaryl/α,β-unsaturated/α-hetero) is 1. The fraction of sp³-hybridized carbons (Fsp3) is 0.448. The number of aliphatic hydroxyl groups is 1. The lowest BCUT2D eigenvalue weighted by Crippen LogP contribution is -2.35. The van der Waals surface area contributed by atoms with Crippen LogP contribution in [0.15, 0.2) is 48.0 Å². The summed E-state index contributed by atoms with van der Waals surface area (Å²) in [7, 11) is 3.81. The molecule has 0 radical (unpaired) electrons. The lowest BCUT2D eigenvalue weighted by molar-refractivity contribution is -0.140. The lowest BCUT2D eigenvalue weighted by Gasteiger charge is -2.27. The average molecular weight is 511 g/mol. The highest BCUT2D eigenvalue weighted by Gasteiger charge is 2.46. The van der Waals surface area contributed by atoms with Crippen molar-refractivity contribution < 1.29 is 28.9 Å². The maximum Gasteiger partial charge on any atom is 0.295 e. The Morgan fingerprint density at radius 3 is 2.27 bits per heavy atom. The van der Waals surface area contributed by atoms with Gasteiger partial charge in [-0.15, -0.1) is 0 Å². The van der Waals surface area contributed by atoms with E-state index in [2.05, 4.69) is 6.92 Å². The molecule has 8 nitrogen and oxygen atoms in total. The van der Waals surface area contributed by atoms with Gasteiger partial charge in [0, 0.05) is 18.7 Å². The second-order valence-electron chi connectivity index (χ2n) is 9.09. The molecular weight excluding hydrogens is 472 g/mol. The van der Waals surface area contributed by atoms with Crippen LogP contribution in [0.25, 0.3) is 5.76 Å². The summed E-state index contributed by atoms with van der Waals surface area (Å²) in [6.07, 6.45) is 1.92. The van der Waals surface area contributed by atoms with Gasteiger partial charge >= 0.3 is 0 Å². The summed E-state index contributed by atoms with van der Waals surface area (Å²) in [5.41, 5.74) is 1.15. The number of carbonyl (C=O) groups excluding carboxylic acids is 2. The average Bonchev–Trinajstić information content (AvgIpc) is 3.13. The van der Waals surface area contributed by atoms with Crippen LogP contribution in [0.4, 0.5) is 0 Å². The lowest BCUT2D eigenvalue weighted by atomic mass is 9.95. The van der Waals surface area contributed by atoms with E-state index >= 15 is 0 Å². The molecule has 1 aliphatic rings. The number of ketones is 1. The monoisotopic (exact) mass is 510 g/mol. The number of unbranched alkanes of at least 4 members (excludes halogenated alkanes) is 1. The molecule has 200 valence electrons. The highest BCUT2D eigenvalue weighted by atomic mass is 16.5. The van der Waals surface area contributed by atoms with Crippen LogP contribution < -0.4 is 14.2 Å².